The number of anilines is 1. The molecule has 8 heteroatoms. The Labute approximate surface area is 93.9 Å². The number of thiazole rings is 1. The van der Waals surface area contributed by atoms with Gasteiger partial charge in [-0.1, -0.05) is 11.3 Å². The molecular weight excluding hydrogens is 243 g/mol. The Balaban J connectivity index is 2.38. The van der Waals surface area contributed by atoms with Crippen LogP contribution in [0.25, 0.3) is 0 Å². The van der Waals surface area contributed by atoms with E-state index < -0.39 is 11.1 Å². The lowest BCUT2D eigenvalue weighted by Crippen LogP contribution is -2.26. The summed E-state index contributed by atoms with van der Waals surface area (Å²) >= 11 is 0.539. The summed E-state index contributed by atoms with van der Waals surface area (Å²) in [4.78, 5) is 13.3. The van der Waals surface area contributed by atoms with Gasteiger partial charge in [-0.15, -0.1) is 0 Å². The minimum atomic E-state index is -4.35. The molecule has 0 aliphatic rings. The van der Waals surface area contributed by atoms with Crippen LogP contribution in [0.15, 0.2) is 6.20 Å². The van der Waals surface area contributed by atoms with Crippen molar-refractivity contribution in [3.8, 4) is 0 Å². The number of hydrogen-bond acceptors (Lipinski definition) is 4. The van der Waals surface area contributed by atoms with Gasteiger partial charge in [-0.05, 0) is 0 Å². The van der Waals surface area contributed by atoms with Gasteiger partial charge in [0.15, 0.2) is 5.13 Å². The van der Waals surface area contributed by atoms with Crippen molar-refractivity contribution in [3.63, 3.8) is 0 Å². The summed E-state index contributed by atoms with van der Waals surface area (Å²) in [5.41, 5.74) is 0. The van der Waals surface area contributed by atoms with Crippen LogP contribution < -0.4 is 10.6 Å². The lowest BCUT2D eigenvalue weighted by atomic mass is 10.5. The average Bonchev–Trinajstić information content (AvgIpc) is 2.59. The molecule has 0 bridgehead atoms. The Hall–Kier alpha value is -1.31. The standard InChI is InChI=1S/C8H10F3N3OS/c1-5(15)12-2-3-13-7-14-4-6(16-7)8(9,10)11/h4H,2-3H2,1H3,(H,12,15)(H,13,14). The highest BCUT2D eigenvalue weighted by atomic mass is 32.1. The van der Waals surface area contributed by atoms with Gasteiger partial charge in [0.1, 0.15) is 4.88 Å². The van der Waals surface area contributed by atoms with Crippen molar-refractivity contribution in [2.45, 2.75) is 13.1 Å². The van der Waals surface area contributed by atoms with Crippen molar-refractivity contribution in [2.75, 3.05) is 18.4 Å². The number of nitrogens with one attached hydrogen (secondary N) is 2. The maximum atomic E-state index is 12.2. The van der Waals surface area contributed by atoms with Crippen molar-refractivity contribution in [1.82, 2.24) is 10.3 Å². The second-order valence-electron chi connectivity index (χ2n) is 2.94. The average molecular weight is 253 g/mol. The summed E-state index contributed by atoms with van der Waals surface area (Å²) in [7, 11) is 0. The molecule has 1 aromatic heterocycles. The van der Waals surface area contributed by atoms with E-state index in [2.05, 4.69) is 15.6 Å². The third-order valence-corrected chi connectivity index (χ3v) is 2.56. The second kappa shape index (κ2) is 5.15. The third kappa shape index (κ3) is 4.05. The molecule has 0 saturated carbocycles. The zero-order valence-corrected chi connectivity index (χ0v) is 9.21. The van der Waals surface area contributed by atoms with Gasteiger partial charge in [-0.2, -0.15) is 13.2 Å². The zero-order valence-electron chi connectivity index (χ0n) is 8.39. The van der Waals surface area contributed by atoms with Crippen LogP contribution in [0.4, 0.5) is 18.3 Å². The molecule has 2 N–H and O–H groups in total. The van der Waals surface area contributed by atoms with Crippen molar-refractivity contribution in [2.24, 2.45) is 0 Å². The van der Waals surface area contributed by atoms with Crippen LogP contribution in [0, 0.1) is 0 Å². The van der Waals surface area contributed by atoms with Crippen LogP contribution >= 0.6 is 11.3 Å². The van der Waals surface area contributed by atoms with Crippen LogP contribution in [0.3, 0.4) is 0 Å². The minimum Gasteiger partial charge on any atom is -0.360 e. The van der Waals surface area contributed by atoms with Crippen LogP contribution in [-0.4, -0.2) is 24.0 Å². The fraction of sp³-hybridized carbons (Fsp3) is 0.500. The van der Waals surface area contributed by atoms with Gasteiger partial charge in [0.05, 0.1) is 6.20 Å². The van der Waals surface area contributed by atoms with Gasteiger partial charge in [0.25, 0.3) is 0 Å². The number of carbonyl (C=O) groups is 1. The molecule has 4 nitrogen and oxygen atoms in total. The summed E-state index contributed by atoms with van der Waals surface area (Å²) in [6, 6.07) is 0. The molecule has 1 rings (SSSR count). The SMILES string of the molecule is CC(=O)NCCNc1ncc(C(F)(F)F)s1. The van der Waals surface area contributed by atoms with E-state index in [1.807, 2.05) is 0 Å². The first-order valence-electron chi connectivity index (χ1n) is 4.41. The van der Waals surface area contributed by atoms with E-state index in [-0.39, 0.29) is 11.0 Å². The molecule has 0 radical (unpaired) electrons. The normalized spacial score (nSPS) is 11.2. The van der Waals surface area contributed by atoms with Gasteiger partial charge in [0, 0.05) is 20.0 Å². The fourth-order valence-corrected chi connectivity index (χ4v) is 1.60. The van der Waals surface area contributed by atoms with E-state index in [9.17, 15) is 18.0 Å². The van der Waals surface area contributed by atoms with Gasteiger partial charge >= 0.3 is 6.18 Å². The predicted octanol–water partition coefficient (Wildman–Crippen LogP) is 1.71. The molecule has 0 aliphatic heterocycles. The number of halogens is 3. The summed E-state index contributed by atoms with van der Waals surface area (Å²) in [6.45, 7) is 2.05. The summed E-state index contributed by atoms with van der Waals surface area (Å²) in [5.74, 6) is -0.183. The van der Waals surface area contributed by atoms with Gasteiger partial charge in [-0.3, -0.25) is 4.79 Å². The van der Waals surface area contributed by atoms with Crippen molar-refractivity contribution >= 4 is 22.4 Å². The Morgan fingerprint density at radius 2 is 2.19 bits per heavy atom. The molecule has 16 heavy (non-hydrogen) atoms. The molecule has 90 valence electrons. The molecule has 1 heterocycles. The van der Waals surface area contributed by atoms with Crippen LogP contribution in [0.1, 0.15) is 11.8 Å². The highest BCUT2D eigenvalue weighted by molar-refractivity contribution is 7.15. The van der Waals surface area contributed by atoms with Gasteiger partial charge in [0.2, 0.25) is 5.91 Å². The summed E-state index contributed by atoms with van der Waals surface area (Å²) in [6.07, 6.45) is -3.57. The summed E-state index contributed by atoms with van der Waals surface area (Å²) < 4.78 is 36.5. The van der Waals surface area contributed by atoms with E-state index in [0.717, 1.165) is 6.20 Å². The molecule has 0 aromatic carbocycles. The Kier molecular flexibility index (Phi) is 4.11. The predicted molar refractivity (Wildman–Crippen MR) is 54.3 cm³/mol. The second-order valence-corrected chi connectivity index (χ2v) is 3.97. The number of aromatic nitrogens is 1. The van der Waals surface area contributed by atoms with Crippen molar-refractivity contribution in [1.29, 1.82) is 0 Å². The van der Waals surface area contributed by atoms with Gasteiger partial charge < -0.3 is 10.6 Å². The third-order valence-electron chi connectivity index (χ3n) is 1.56. The van der Waals surface area contributed by atoms with Crippen molar-refractivity contribution in [3.05, 3.63) is 11.1 Å². The first kappa shape index (κ1) is 12.8. The Morgan fingerprint density at radius 1 is 1.50 bits per heavy atom. The van der Waals surface area contributed by atoms with Gasteiger partial charge in [-0.25, -0.2) is 4.98 Å². The van der Waals surface area contributed by atoms with Crippen LogP contribution in [0.5, 0.6) is 0 Å². The monoisotopic (exact) mass is 253 g/mol. The number of alkyl halides is 3. The fourth-order valence-electron chi connectivity index (χ4n) is 0.895. The number of hydrogen-bond donors (Lipinski definition) is 2. The maximum Gasteiger partial charge on any atom is 0.427 e. The number of nitrogens with zero attached hydrogens (tertiary/aromatic N) is 1. The lowest BCUT2D eigenvalue weighted by molar-refractivity contribution is -0.134. The quantitative estimate of drug-likeness (QED) is 0.803. The molecule has 0 atom stereocenters. The lowest BCUT2D eigenvalue weighted by Gasteiger charge is -2.03. The minimum absolute atomic E-state index is 0.183. The van der Waals surface area contributed by atoms with E-state index in [1.54, 1.807) is 0 Å². The molecule has 0 unspecified atom stereocenters. The van der Waals surface area contributed by atoms with Crippen LogP contribution in [0.2, 0.25) is 0 Å². The molecule has 0 aliphatic carbocycles. The molecule has 0 spiro atoms. The number of rotatable bonds is 4. The Morgan fingerprint density at radius 3 is 2.69 bits per heavy atom. The Bertz CT molecular complexity index is 364. The molecule has 0 fully saturated rings. The van der Waals surface area contributed by atoms with E-state index >= 15 is 0 Å². The first-order valence-corrected chi connectivity index (χ1v) is 5.22. The molecule has 0 saturated heterocycles. The summed E-state index contributed by atoms with van der Waals surface area (Å²) in [5, 5.41) is 5.38. The largest absolute Gasteiger partial charge is 0.427 e. The number of carbonyl (C=O) groups excluding carboxylic acids is 1. The molecule has 1 aromatic rings. The van der Waals surface area contributed by atoms with Crippen LogP contribution in [-0.2, 0) is 11.0 Å². The van der Waals surface area contributed by atoms with E-state index in [1.165, 1.54) is 6.92 Å². The highest BCUT2D eigenvalue weighted by Crippen LogP contribution is 2.34. The molecular formula is C8H10F3N3OS. The van der Waals surface area contributed by atoms with E-state index in [0.29, 0.717) is 24.4 Å². The zero-order chi connectivity index (χ0) is 12.2. The highest BCUT2D eigenvalue weighted by Gasteiger charge is 2.33. The topological polar surface area (TPSA) is 54.0 Å². The molecule has 1 amide bonds. The first-order chi connectivity index (χ1) is 7.39. The van der Waals surface area contributed by atoms with E-state index in [4.69, 9.17) is 0 Å². The maximum absolute atomic E-state index is 12.2. The number of amides is 1. The smallest absolute Gasteiger partial charge is 0.360 e. The van der Waals surface area contributed by atoms with Crippen molar-refractivity contribution < 1.29 is 18.0 Å².